The van der Waals surface area contributed by atoms with Gasteiger partial charge in [-0.2, -0.15) is 13.2 Å². The molecule has 2 aromatic heterocycles. The third-order valence-corrected chi connectivity index (χ3v) is 3.79. The molecule has 0 saturated carbocycles. The molecule has 0 amide bonds. The van der Waals surface area contributed by atoms with Gasteiger partial charge in [0.05, 0.1) is 16.5 Å². The second kappa shape index (κ2) is 6.54. The van der Waals surface area contributed by atoms with Crippen molar-refractivity contribution in [3.05, 3.63) is 74.7 Å². The van der Waals surface area contributed by atoms with Crippen molar-refractivity contribution in [2.45, 2.75) is 25.6 Å². The molecule has 5 nitrogen and oxygen atoms in total. The molecule has 0 bridgehead atoms. The molecule has 0 aliphatic rings. The predicted octanol–water partition coefficient (Wildman–Crippen LogP) is 2.74. The van der Waals surface area contributed by atoms with E-state index in [1.54, 1.807) is 18.3 Å². The van der Waals surface area contributed by atoms with Crippen molar-refractivity contribution in [1.82, 2.24) is 14.5 Å². The van der Waals surface area contributed by atoms with Gasteiger partial charge in [-0.1, -0.05) is 6.07 Å². The van der Waals surface area contributed by atoms with Crippen LogP contribution in [0.4, 0.5) is 13.2 Å². The average Bonchev–Trinajstić information content (AvgIpc) is 2.55. The van der Waals surface area contributed by atoms with E-state index in [9.17, 15) is 22.8 Å². The van der Waals surface area contributed by atoms with E-state index in [1.807, 2.05) is 0 Å². The van der Waals surface area contributed by atoms with Crippen LogP contribution in [0.15, 0.2) is 52.2 Å². The summed E-state index contributed by atoms with van der Waals surface area (Å²) in [6.45, 7) is 0.453. The minimum Gasteiger partial charge on any atom is -0.316 e. The highest BCUT2D eigenvalue weighted by molar-refractivity contribution is 5.78. The maximum Gasteiger partial charge on any atom is 0.416 e. The van der Waals surface area contributed by atoms with Gasteiger partial charge in [0.2, 0.25) is 5.56 Å². The molecule has 0 spiro atoms. The number of aryl methyl sites for hydroxylation is 2. The van der Waals surface area contributed by atoms with Gasteiger partial charge in [0, 0.05) is 25.2 Å². The van der Waals surface area contributed by atoms with Crippen LogP contribution in [-0.2, 0) is 19.1 Å². The lowest BCUT2D eigenvalue weighted by molar-refractivity contribution is -0.137. The zero-order chi connectivity index (χ0) is 18.0. The van der Waals surface area contributed by atoms with Gasteiger partial charge < -0.3 is 9.55 Å². The molecule has 0 fully saturated rings. The van der Waals surface area contributed by atoms with Crippen LogP contribution in [-0.4, -0.2) is 14.5 Å². The molecule has 0 atom stereocenters. The number of aromatic amines is 1. The Hall–Kier alpha value is -2.90. The number of alkyl halides is 3. The summed E-state index contributed by atoms with van der Waals surface area (Å²) in [5.41, 5.74) is -1.41. The largest absolute Gasteiger partial charge is 0.416 e. The van der Waals surface area contributed by atoms with Crippen LogP contribution in [0, 0.1) is 0 Å². The molecule has 25 heavy (non-hydrogen) atoms. The second-order valence-electron chi connectivity index (χ2n) is 5.58. The van der Waals surface area contributed by atoms with Crippen LogP contribution in [0.3, 0.4) is 0 Å². The molecule has 0 aliphatic heterocycles. The number of hydrogen-bond acceptors (Lipinski definition) is 3. The van der Waals surface area contributed by atoms with Crippen molar-refractivity contribution in [3.8, 4) is 0 Å². The Bertz CT molecular complexity index is 1020. The number of nitrogens with one attached hydrogen (secondary N) is 1. The summed E-state index contributed by atoms with van der Waals surface area (Å²) in [7, 11) is 0. The van der Waals surface area contributed by atoms with Crippen LogP contribution in [0.1, 0.15) is 17.8 Å². The highest BCUT2D eigenvalue weighted by atomic mass is 19.4. The predicted molar refractivity (Wildman–Crippen MR) is 86.4 cm³/mol. The fourth-order valence-electron chi connectivity index (χ4n) is 2.54. The third-order valence-electron chi connectivity index (χ3n) is 3.79. The van der Waals surface area contributed by atoms with Gasteiger partial charge in [0.1, 0.15) is 5.82 Å². The number of hydrogen-bond donors (Lipinski definition) is 1. The molecule has 8 heteroatoms. The summed E-state index contributed by atoms with van der Waals surface area (Å²) in [5, 5.41) is -0.0992. The average molecular weight is 349 g/mol. The first kappa shape index (κ1) is 16.9. The molecule has 0 unspecified atom stereocenters. The van der Waals surface area contributed by atoms with Gasteiger partial charge >= 0.3 is 6.18 Å². The minimum absolute atomic E-state index is 0.0992. The van der Waals surface area contributed by atoms with E-state index in [0.717, 1.165) is 12.1 Å². The molecular formula is C17H14F3N3O2. The first-order valence-corrected chi connectivity index (χ1v) is 7.60. The Labute approximate surface area is 139 Å². The third kappa shape index (κ3) is 3.78. The van der Waals surface area contributed by atoms with Gasteiger partial charge in [-0.3, -0.25) is 9.59 Å². The van der Waals surface area contributed by atoms with Gasteiger partial charge in [0.25, 0.3) is 5.56 Å². The standard InChI is InChI=1S/C17H14F3N3O2/c18-17(19,20)11-6-7-13-12(10-11)16(25)22-14(21-13)4-3-9-23-8-2-1-5-15(23)24/h1-2,5-8,10H,3-4,9H2,(H,21,22,25). The Balaban J connectivity index is 1.80. The van der Waals surface area contributed by atoms with Crippen LogP contribution in [0.5, 0.6) is 0 Å². The molecule has 3 rings (SSSR count). The minimum atomic E-state index is -4.51. The van der Waals surface area contributed by atoms with Crippen molar-refractivity contribution >= 4 is 10.9 Å². The van der Waals surface area contributed by atoms with Gasteiger partial charge in [0.15, 0.2) is 0 Å². The van der Waals surface area contributed by atoms with Gasteiger partial charge in [-0.25, -0.2) is 4.98 Å². The van der Waals surface area contributed by atoms with Crippen molar-refractivity contribution in [1.29, 1.82) is 0 Å². The van der Waals surface area contributed by atoms with Crippen LogP contribution < -0.4 is 11.1 Å². The maximum absolute atomic E-state index is 12.7. The smallest absolute Gasteiger partial charge is 0.316 e. The lowest BCUT2D eigenvalue weighted by Crippen LogP contribution is -2.19. The second-order valence-corrected chi connectivity index (χ2v) is 5.58. The van der Waals surface area contributed by atoms with Crippen LogP contribution in [0.25, 0.3) is 10.9 Å². The van der Waals surface area contributed by atoms with Crippen molar-refractivity contribution in [2.75, 3.05) is 0 Å². The van der Waals surface area contributed by atoms with E-state index in [-0.39, 0.29) is 16.5 Å². The zero-order valence-corrected chi connectivity index (χ0v) is 13.0. The van der Waals surface area contributed by atoms with E-state index in [2.05, 4.69) is 9.97 Å². The molecule has 1 N–H and O–H groups in total. The Morgan fingerprint density at radius 1 is 1.12 bits per heavy atom. The number of nitrogens with zero attached hydrogens (tertiary/aromatic N) is 2. The SMILES string of the molecule is O=c1[nH]c(CCCn2ccccc2=O)nc2ccc(C(F)(F)F)cc12. The highest BCUT2D eigenvalue weighted by Crippen LogP contribution is 2.30. The zero-order valence-electron chi connectivity index (χ0n) is 13.0. The molecule has 0 aliphatic carbocycles. The quantitative estimate of drug-likeness (QED) is 0.788. The summed E-state index contributed by atoms with van der Waals surface area (Å²) >= 11 is 0. The fraction of sp³-hybridized carbons (Fsp3) is 0.235. The summed E-state index contributed by atoms with van der Waals surface area (Å²) in [6.07, 6.45) is -1.90. The van der Waals surface area contributed by atoms with Gasteiger partial charge in [-0.15, -0.1) is 0 Å². The number of H-pyrrole nitrogens is 1. The Morgan fingerprint density at radius 3 is 2.64 bits per heavy atom. The lowest BCUT2D eigenvalue weighted by atomic mass is 10.1. The van der Waals surface area contributed by atoms with Crippen LogP contribution in [0.2, 0.25) is 0 Å². The topological polar surface area (TPSA) is 67.8 Å². The number of benzene rings is 1. The van der Waals surface area contributed by atoms with Crippen LogP contribution >= 0.6 is 0 Å². The number of halogens is 3. The summed E-state index contributed by atoms with van der Waals surface area (Å²) < 4.78 is 39.7. The summed E-state index contributed by atoms with van der Waals surface area (Å²) in [6, 6.07) is 7.75. The van der Waals surface area contributed by atoms with E-state index in [1.165, 1.54) is 16.7 Å². The van der Waals surface area contributed by atoms with Crippen molar-refractivity contribution < 1.29 is 13.2 Å². The Morgan fingerprint density at radius 2 is 1.92 bits per heavy atom. The molecule has 2 heterocycles. The fourth-order valence-corrected chi connectivity index (χ4v) is 2.54. The van der Waals surface area contributed by atoms with E-state index < -0.39 is 17.3 Å². The maximum atomic E-state index is 12.7. The molecule has 3 aromatic rings. The molecule has 1 aromatic carbocycles. The first-order valence-electron chi connectivity index (χ1n) is 7.60. The monoisotopic (exact) mass is 349 g/mol. The van der Waals surface area contributed by atoms with E-state index in [0.29, 0.717) is 25.2 Å². The number of aromatic nitrogens is 3. The molecule has 0 radical (unpaired) electrons. The molecule has 0 saturated heterocycles. The molecular weight excluding hydrogens is 335 g/mol. The van der Waals surface area contributed by atoms with E-state index >= 15 is 0 Å². The highest BCUT2D eigenvalue weighted by Gasteiger charge is 2.30. The number of rotatable bonds is 4. The summed E-state index contributed by atoms with van der Waals surface area (Å²) in [5.74, 6) is 0.376. The number of pyridine rings is 1. The van der Waals surface area contributed by atoms with Crippen molar-refractivity contribution in [3.63, 3.8) is 0 Å². The van der Waals surface area contributed by atoms with Crippen molar-refractivity contribution in [2.24, 2.45) is 0 Å². The summed E-state index contributed by atoms with van der Waals surface area (Å²) in [4.78, 5) is 30.4. The molecule has 130 valence electrons. The normalized spacial score (nSPS) is 11.8. The number of fused-ring (bicyclic) bond motifs is 1. The van der Waals surface area contributed by atoms with E-state index in [4.69, 9.17) is 0 Å². The van der Waals surface area contributed by atoms with Gasteiger partial charge in [-0.05, 0) is 30.7 Å². The lowest BCUT2D eigenvalue weighted by Gasteiger charge is -2.08. The Kier molecular flexibility index (Phi) is 4.43. The first-order chi connectivity index (χ1) is 11.8.